The third-order valence-electron chi connectivity index (χ3n) is 4.99. The summed E-state index contributed by atoms with van der Waals surface area (Å²) in [6.07, 6.45) is 3.66. The Hall–Kier alpha value is -3.88. The van der Waals surface area contributed by atoms with Crippen molar-refractivity contribution >= 4 is 35.5 Å². The fourth-order valence-electron chi connectivity index (χ4n) is 3.33. The van der Waals surface area contributed by atoms with E-state index in [9.17, 15) is 9.90 Å². The van der Waals surface area contributed by atoms with Crippen molar-refractivity contribution in [2.24, 2.45) is 5.10 Å². The third kappa shape index (κ3) is 5.98. The molecule has 0 aliphatic carbocycles. The summed E-state index contributed by atoms with van der Waals surface area (Å²) in [4.78, 5) is 12.4. The predicted molar refractivity (Wildman–Crippen MR) is 140 cm³/mol. The SMILES string of the molecule is C=CCc1cccc(/C=N\NC(=O)CSc2nnc(-c3ccc(Cl)cc3)n2-c2ccccc2)c1O. The summed E-state index contributed by atoms with van der Waals surface area (Å²) < 4.78 is 1.90. The van der Waals surface area contributed by atoms with Crippen LogP contribution >= 0.6 is 23.4 Å². The third-order valence-corrected chi connectivity index (χ3v) is 6.17. The first-order valence-corrected chi connectivity index (χ1v) is 12.1. The number of phenolic OH excluding ortho intramolecular Hbond substituents is 1. The molecule has 0 aliphatic rings. The molecule has 0 unspecified atom stereocenters. The van der Waals surface area contributed by atoms with Crippen LogP contribution < -0.4 is 5.43 Å². The fraction of sp³-hybridized carbons (Fsp3) is 0.0769. The van der Waals surface area contributed by atoms with Crippen LogP contribution in [0.4, 0.5) is 0 Å². The second kappa shape index (κ2) is 11.5. The van der Waals surface area contributed by atoms with Crippen LogP contribution in [0.3, 0.4) is 0 Å². The molecule has 0 fully saturated rings. The Morgan fingerprint density at radius 3 is 2.60 bits per heavy atom. The topological polar surface area (TPSA) is 92.4 Å². The summed E-state index contributed by atoms with van der Waals surface area (Å²) in [6, 6.07) is 22.4. The van der Waals surface area contributed by atoms with E-state index in [4.69, 9.17) is 11.6 Å². The summed E-state index contributed by atoms with van der Waals surface area (Å²) in [5.74, 6) is 0.517. The van der Waals surface area contributed by atoms with E-state index < -0.39 is 0 Å². The monoisotopic (exact) mass is 503 g/mol. The molecule has 176 valence electrons. The molecule has 0 saturated heterocycles. The molecule has 35 heavy (non-hydrogen) atoms. The number of rotatable bonds is 9. The number of allylic oxidation sites excluding steroid dienone is 1. The first-order valence-electron chi connectivity index (χ1n) is 10.7. The van der Waals surface area contributed by atoms with Gasteiger partial charge in [0.15, 0.2) is 11.0 Å². The maximum Gasteiger partial charge on any atom is 0.250 e. The zero-order valence-electron chi connectivity index (χ0n) is 18.6. The van der Waals surface area contributed by atoms with Gasteiger partial charge in [-0.25, -0.2) is 5.43 Å². The molecule has 0 aliphatic heterocycles. The Kier molecular flexibility index (Phi) is 7.97. The molecule has 2 N–H and O–H groups in total. The average Bonchev–Trinajstić information content (AvgIpc) is 3.30. The predicted octanol–water partition coefficient (Wildman–Crippen LogP) is 5.26. The van der Waals surface area contributed by atoms with Gasteiger partial charge in [0.05, 0.1) is 12.0 Å². The van der Waals surface area contributed by atoms with Gasteiger partial charge in [0.25, 0.3) is 5.91 Å². The summed E-state index contributed by atoms with van der Waals surface area (Å²) in [6.45, 7) is 3.68. The highest BCUT2D eigenvalue weighted by atomic mass is 35.5. The van der Waals surface area contributed by atoms with E-state index in [1.165, 1.54) is 18.0 Å². The lowest BCUT2D eigenvalue weighted by molar-refractivity contribution is -0.118. The van der Waals surface area contributed by atoms with Gasteiger partial charge in [-0.1, -0.05) is 59.8 Å². The van der Waals surface area contributed by atoms with Gasteiger partial charge >= 0.3 is 0 Å². The minimum absolute atomic E-state index is 0.0748. The van der Waals surface area contributed by atoms with Gasteiger partial charge < -0.3 is 5.11 Å². The van der Waals surface area contributed by atoms with E-state index in [2.05, 4.69) is 27.3 Å². The number of thioether (sulfide) groups is 1. The largest absolute Gasteiger partial charge is 0.507 e. The highest BCUT2D eigenvalue weighted by Gasteiger charge is 2.17. The molecule has 3 aromatic carbocycles. The van der Waals surface area contributed by atoms with Gasteiger partial charge in [-0.2, -0.15) is 5.10 Å². The summed E-state index contributed by atoms with van der Waals surface area (Å²) in [5, 5.41) is 24.2. The standard InChI is InChI=1S/C26H22ClN5O2S/c1-2-7-18-8-6-9-20(24(18)34)16-28-29-23(33)17-35-26-31-30-25(19-12-14-21(27)15-13-19)32(26)22-10-4-3-5-11-22/h2-6,8-16,34H,1,7,17H2,(H,29,33)/b28-16-. The van der Waals surface area contributed by atoms with Crippen LogP contribution in [0, 0.1) is 0 Å². The van der Waals surface area contributed by atoms with Crippen molar-refractivity contribution in [3.63, 3.8) is 0 Å². The number of amides is 1. The Bertz CT molecular complexity index is 1350. The Labute approximate surface area is 212 Å². The van der Waals surface area contributed by atoms with Gasteiger partial charge in [0.2, 0.25) is 0 Å². The molecule has 1 aromatic heterocycles. The lowest BCUT2D eigenvalue weighted by Gasteiger charge is -2.10. The van der Waals surface area contributed by atoms with Crippen LogP contribution in [-0.4, -0.2) is 37.7 Å². The molecule has 4 rings (SSSR count). The second-order valence-electron chi connectivity index (χ2n) is 7.41. The van der Waals surface area contributed by atoms with Crippen LogP contribution in [0.1, 0.15) is 11.1 Å². The van der Waals surface area contributed by atoms with E-state index in [1.54, 1.807) is 24.3 Å². The Balaban J connectivity index is 1.47. The van der Waals surface area contributed by atoms with Crippen LogP contribution in [0.25, 0.3) is 17.1 Å². The number of nitrogens with one attached hydrogen (secondary N) is 1. The molecular formula is C26H22ClN5O2S. The lowest BCUT2D eigenvalue weighted by atomic mass is 10.1. The van der Waals surface area contributed by atoms with Crippen LogP contribution in [0.15, 0.2) is 95.7 Å². The lowest BCUT2D eigenvalue weighted by Crippen LogP contribution is -2.20. The van der Waals surface area contributed by atoms with Gasteiger partial charge in [0, 0.05) is 21.8 Å². The fourth-order valence-corrected chi connectivity index (χ4v) is 4.20. The van der Waals surface area contributed by atoms with E-state index in [1.807, 2.05) is 59.2 Å². The number of phenols is 1. The number of aromatic hydroxyl groups is 1. The Morgan fingerprint density at radius 1 is 1.09 bits per heavy atom. The zero-order valence-corrected chi connectivity index (χ0v) is 20.2. The number of para-hydroxylation sites is 2. The van der Waals surface area contributed by atoms with Crippen molar-refractivity contribution < 1.29 is 9.90 Å². The molecule has 4 aromatic rings. The van der Waals surface area contributed by atoms with Crippen LogP contribution in [0.5, 0.6) is 5.75 Å². The summed E-state index contributed by atoms with van der Waals surface area (Å²) in [7, 11) is 0. The molecule has 0 spiro atoms. The molecule has 7 nitrogen and oxygen atoms in total. The molecule has 0 radical (unpaired) electrons. The van der Waals surface area contributed by atoms with Crippen molar-refractivity contribution in [1.82, 2.24) is 20.2 Å². The maximum absolute atomic E-state index is 12.4. The van der Waals surface area contributed by atoms with E-state index in [0.29, 0.717) is 28.0 Å². The number of hydrogen-bond acceptors (Lipinski definition) is 6. The molecule has 0 bridgehead atoms. The smallest absolute Gasteiger partial charge is 0.250 e. The molecular weight excluding hydrogens is 482 g/mol. The number of halogens is 1. The number of hydrazone groups is 1. The van der Waals surface area contributed by atoms with Gasteiger partial charge in [0.1, 0.15) is 5.75 Å². The number of aromatic nitrogens is 3. The highest BCUT2D eigenvalue weighted by molar-refractivity contribution is 7.99. The van der Waals surface area contributed by atoms with Gasteiger partial charge in [-0.3, -0.25) is 9.36 Å². The Morgan fingerprint density at radius 2 is 1.86 bits per heavy atom. The quantitative estimate of drug-likeness (QED) is 0.140. The van der Waals surface area contributed by atoms with Crippen molar-refractivity contribution in [2.45, 2.75) is 11.6 Å². The summed E-state index contributed by atoms with van der Waals surface area (Å²) >= 11 is 7.28. The van der Waals surface area contributed by atoms with Crippen LogP contribution in [0.2, 0.25) is 5.02 Å². The molecule has 0 saturated carbocycles. The zero-order chi connectivity index (χ0) is 24.6. The van der Waals surface area contributed by atoms with E-state index in [0.717, 1.165) is 16.8 Å². The number of carbonyl (C=O) groups excluding carboxylic acids is 1. The number of nitrogens with zero attached hydrogens (tertiary/aromatic N) is 4. The normalized spacial score (nSPS) is 11.0. The molecule has 0 atom stereocenters. The van der Waals surface area contributed by atoms with Crippen LogP contribution in [-0.2, 0) is 11.2 Å². The van der Waals surface area contributed by atoms with E-state index >= 15 is 0 Å². The van der Waals surface area contributed by atoms with Crippen molar-refractivity contribution in [3.05, 3.63) is 102 Å². The molecule has 9 heteroatoms. The van der Waals surface area contributed by atoms with Crippen molar-refractivity contribution in [2.75, 3.05) is 5.75 Å². The van der Waals surface area contributed by atoms with Crippen molar-refractivity contribution in [1.29, 1.82) is 0 Å². The number of hydrogen-bond donors (Lipinski definition) is 2. The highest BCUT2D eigenvalue weighted by Crippen LogP contribution is 2.28. The average molecular weight is 504 g/mol. The molecule has 1 amide bonds. The van der Waals surface area contributed by atoms with Gasteiger partial charge in [-0.15, -0.1) is 16.8 Å². The van der Waals surface area contributed by atoms with Crippen molar-refractivity contribution in [3.8, 4) is 22.8 Å². The molecule has 1 heterocycles. The number of carbonyl (C=O) groups is 1. The summed E-state index contributed by atoms with van der Waals surface area (Å²) in [5.41, 5.74) is 5.46. The van der Waals surface area contributed by atoms with Gasteiger partial charge in [-0.05, 0) is 54.4 Å². The number of benzene rings is 3. The van der Waals surface area contributed by atoms with E-state index in [-0.39, 0.29) is 17.4 Å². The first kappa shape index (κ1) is 24.3. The maximum atomic E-state index is 12.4. The minimum atomic E-state index is -0.316. The second-order valence-corrected chi connectivity index (χ2v) is 8.79. The first-order chi connectivity index (χ1) is 17.1. The minimum Gasteiger partial charge on any atom is -0.507 e.